The number of hydrogen-bond acceptors (Lipinski definition) is 6. The summed E-state index contributed by atoms with van der Waals surface area (Å²) in [6.45, 7) is 2.35. The van der Waals surface area contributed by atoms with Crippen LogP contribution in [0.1, 0.15) is 66.4 Å². The van der Waals surface area contributed by atoms with Crippen LogP contribution in [0.25, 0.3) is 0 Å². The molecule has 11 heteroatoms. The number of nitro groups is 1. The number of amides is 2. The second kappa shape index (κ2) is 7.42. The molecule has 0 unspecified atom stereocenters. The van der Waals surface area contributed by atoms with Crippen LogP contribution in [0.5, 0.6) is 0 Å². The van der Waals surface area contributed by atoms with Crippen molar-refractivity contribution in [3.8, 4) is 0 Å². The van der Waals surface area contributed by atoms with Crippen molar-refractivity contribution in [3.63, 3.8) is 0 Å². The maximum absolute atomic E-state index is 13.1. The molecular formula is C21H27N7O4. The van der Waals surface area contributed by atoms with Crippen LogP contribution in [0.3, 0.4) is 0 Å². The van der Waals surface area contributed by atoms with Crippen molar-refractivity contribution in [2.24, 2.45) is 17.8 Å². The maximum Gasteiger partial charge on any atom is 0.320 e. The van der Waals surface area contributed by atoms with Crippen LogP contribution in [0.2, 0.25) is 0 Å². The van der Waals surface area contributed by atoms with Crippen molar-refractivity contribution < 1.29 is 14.5 Å². The number of anilines is 1. The number of aromatic nitrogens is 4. The normalized spacial score (nSPS) is 28.0. The molecule has 2 amide bonds. The van der Waals surface area contributed by atoms with Gasteiger partial charge in [-0.25, -0.2) is 0 Å². The van der Waals surface area contributed by atoms with Crippen molar-refractivity contribution in [1.82, 2.24) is 24.9 Å². The molecule has 4 aliphatic rings. The number of hydrogen-bond donors (Lipinski definition) is 2. The molecule has 0 aromatic carbocycles. The SMILES string of the molecule is CCn1cc(NC(=O)c2nn(C34CC5CC(CC(C5)C3)C4)cc2[N+](=O)[O-])c(C(=O)NC)n1. The Hall–Kier alpha value is -3.24. The van der Waals surface area contributed by atoms with Gasteiger partial charge < -0.3 is 10.6 Å². The van der Waals surface area contributed by atoms with E-state index in [9.17, 15) is 19.7 Å². The molecule has 2 aromatic rings. The van der Waals surface area contributed by atoms with Gasteiger partial charge >= 0.3 is 5.69 Å². The van der Waals surface area contributed by atoms with Crippen molar-refractivity contribution >= 4 is 23.2 Å². The summed E-state index contributed by atoms with van der Waals surface area (Å²) in [5.41, 5.74) is -0.556. The minimum Gasteiger partial charge on any atom is -0.354 e. The van der Waals surface area contributed by atoms with E-state index in [2.05, 4.69) is 20.8 Å². The van der Waals surface area contributed by atoms with Gasteiger partial charge in [-0.3, -0.25) is 29.1 Å². The smallest absolute Gasteiger partial charge is 0.320 e. The third-order valence-corrected chi connectivity index (χ3v) is 7.37. The lowest BCUT2D eigenvalue weighted by Gasteiger charge is -2.56. The van der Waals surface area contributed by atoms with Gasteiger partial charge in [0.2, 0.25) is 5.69 Å². The largest absolute Gasteiger partial charge is 0.354 e. The molecule has 0 aliphatic heterocycles. The summed E-state index contributed by atoms with van der Waals surface area (Å²) in [6.07, 6.45) is 9.55. The lowest BCUT2D eigenvalue weighted by molar-refractivity contribution is -0.385. The Kier molecular flexibility index (Phi) is 4.79. The third-order valence-electron chi connectivity index (χ3n) is 7.37. The average Bonchev–Trinajstić information content (AvgIpc) is 3.37. The maximum atomic E-state index is 13.1. The van der Waals surface area contributed by atoms with Gasteiger partial charge in [0.15, 0.2) is 5.69 Å². The number of rotatable bonds is 6. The van der Waals surface area contributed by atoms with Gasteiger partial charge in [0.25, 0.3) is 11.8 Å². The first-order valence-electron chi connectivity index (χ1n) is 11.2. The molecular weight excluding hydrogens is 414 g/mol. The number of aryl methyl sites for hydroxylation is 1. The van der Waals surface area contributed by atoms with E-state index in [-0.39, 0.29) is 28.3 Å². The van der Waals surface area contributed by atoms with Crippen LogP contribution in [0, 0.1) is 27.9 Å². The molecule has 0 radical (unpaired) electrons. The zero-order valence-corrected chi connectivity index (χ0v) is 18.2. The second-order valence-electron chi connectivity index (χ2n) is 9.49. The predicted molar refractivity (Wildman–Crippen MR) is 114 cm³/mol. The number of nitrogens with zero attached hydrogens (tertiary/aromatic N) is 5. The van der Waals surface area contributed by atoms with Crippen molar-refractivity contribution in [2.45, 2.75) is 57.5 Å². The molecule has 170 valence electrons. The minimum atomic E-state index is -0.721. The lowest BCUT2D eigenvalue weighted by Crippen LogP contribution is -2.52. The van der Waals surface area contributed by atoms with Gasteiger partial charge in [0, 0.05) is 19.8 Å². The van der Waals surface area contributed by atoms with E-state index in [0.717, 1.165) is 19.3 Å². The average molecular weight is 441 g/mol. The lowest BCUT2D eigenvalue weighted by atomic mass is 9.53. The zero-order valence-electron chi connectivity index (χ0n) is 18.2. The summed E-state index contributed by atoms with van der Waals surface area (Å²) in [6, 6.07) is 0. The summed E-state index contributed by atoms with van der Waals surface area (Å²) >= 11 is 0. The first kappa shape index (κ1) is 20.7. The molecule has 4 fully saturated rings. The Labute approximate surface area is 184 Å². The van der Waals surface area contributed by atoms with E-state index in [0.29, 0.717) is 24.3 Å². The highest BCUT2D eigenvalue weighted by atomic mass is 16.6. The van der Waals surface area contributed by atoms with E-state index in [4.69, 9.17) is 0 Å². The Morgan fingerprint density at radius 2 is 1.72 bits per heavy atom. The molecule has 4 saturated carbocycles. The second-order valence-corrected chi connectivity index (χ2v) is 9.49. The van der Waals surface area contributed by atoms with Crippen molar-refractivity contribution in [1.29, 1.82) is 0 Å². The van der Waals surface area contributed by atoms with Gasteiger partial charge in [-0.1, -0.05) is 0 Å². The third kappa shape index (κ3) is 3.26. The molecule has 6 rings (SSSR count). The fraction of sp³-hybridized carbons (Fsp3) is 0.619. The highest BCUT2D eigenvalue weighted by molar-refractivity contribution is 6.09. The summed E-state index contributed by atoms with van der Waals surface area (Å²) in [5, 5.41) is 25.5. The molecule has 0 saturated heterocycles. The molecule has 0 atom stereocenters. The van der Waals surface area contributed by atoms with E-state index in [1.54, 1.807) is 4.68 Å². The fourth-order valence-electron chi connectivity index (χ4n) is 6.39. The van der Waals surface area contributed by atoms with Crippen LogP contribution in [0.4, 0.5) is 11.4 Å². The van der Waals surface area contributed by atoms with E-state index in [1.807, 2.05) is 6.92 Å². The van der Waals surface area contributed by atoms with Crippen LogP contribution in [-0.2, 0) is 12.1 Å². The Bertz CT molecular complexity index is 1070. The quantitative estimate of drug-likeness (QED) is 0.522. The first-order chi connectivity index (χ1) is 15.3. The molecule has 11 nitrogen and oxygen atoms in total. The predicted octanol–water partition coefficient (Wildman–Crippen LogP) is 2.54. The molecule has 2 aromatic heterocycles. The van der Waals surface area contributed by atoms with Crippen LogP contribution >= 0.6 is 0 Å². The standard InChI is InChI=1S/C21H27N7O4/c1-3-26-10-15(17(24-26)19(29)22-2)23-20(30)18-16(28(31)32)11-27(25-18)21-7-12-4-13(8-21)6-14(5-12)9-21/h10-14H,3-9H2,1-2H3,(H,22,29)(H,23,30). The molecule has 2 N–H and O–H groups in total. The fourth-order valence-corrected chi connectivity index (χ4v) is 6.39. The van der Waals surface area contributed by atoms with E-state index in [1.165, 1.54) is 43.4 Å². The van der Waals surface area contributed by atoms with Crippen LogP contribution < -0.4 is 10.6 Å². The van der Waals surface area contributed by atoms with Gasteiger partial charge in [0.1, 0.15) is 6.20 Å². The number of nitrogens with one attached hydrogen (secondary N) is 2. The Morgan fingerprint density at radius 3 is 2.25 bits per heavy atom. The molecule has 4 bridgehead atoms. The summed E-state index contributed by atoms with van der Waals surface area (Å²) < 4.78 is 3.22. The van der Waals surface area contributed by atoms with Gasteiger partial charge in [0.05, 0.1) is 16.1 Å². The van der Waals surface area contributed by atoms with E-state index < -0.39 is 16.7 Å². The van der Waals surface area contributed by atoms with Gasteiger partial charge in [-0.2, -0.15) is 10.2 Å². The number of carbonyl (C=O) groups excluding carboxylic acids is 2. The Morgan fingerprint density at radius 1 is 1.09 bits per heavy atom. The van der Waals surface area contributed by atoms with Crippen LogP contribution in [-0.4, -0.2) is 43.3 Å². The summed E-state index contributed by atoms with van der Waals surface area (Å²) in [4.78, 5) is 36.5. The summed E-state index contributed by atoms with van der Waals surface area (Å²) in [5.74, 6) is 0.729. The first-order valence-corrected chi connectivity index (χ1v) is 11.2. The highest BCUT2D eigenvalue weighted by Crippen LogP contribution is 2.58. The monoisotopic (exact) mass is 441 g/mol. The minimum absolute atomic E-state index is 0.0471. The molecule has 4 aliphatic carbocycles. The van der Waals surface area contributed by atoms with Crippen molar-refractivity contribution in [3.05, 3.63) is 33.9 Å². The topological polar surface area (TPSA) is 137 Å². The summed E-state index contributed by atoms with van der Waals surface area (Å²) in [7, 11) is 1.47. The molecule has 2 heterocycles. The number of carbonyl (C=O) groups is 2. The van der Waals surface area contributed by atoms with Crippen LogP contribution in [0.15, 0.2) is 12.4 Å². The highest BCUT2D eigenvalue weighted by Gasteiger charge is 2.53. The molecule has 32 heavy (non-hydrogen) atoms. The zero-order chi connectivity index (χ0) is 22.6. The van der Waals surface area contributed by atoms with Crippen molar-refractivity contribution in [2.75, 3.05) is 12.4 Å². The van der Waals surface area contributed by atoms with E-state index >= 15 is 0 Å². The van der Waals surface area contributed by atoms with Gasteiger partial charge in [-0.15, -0.1) is 0 Å². The molecule has 0 spiro atoms. The Balaban J connectivity index is 1.48. The van der Waals surface area contributed by atoms with Gasteiger partial charge in [-0.05, 0) is 63.2 Å².